The summed E-state index contributed by atoms with van der Waals surface area (Å²) in [5.74, 6) is 0.315. The topological polar surface area (TPSA) is 94.7 Å². The van der Waals surface area contributed by atoms with Gasteiger partial charge >= 0.3 is 0 Å². The van der Waals surface area contributed by atoms with Gasteiger partial charge in [-0.05, 0) is 42.0 Å². The number of aliphatic hydroxyl groups is 1. The van der Waals surface area contributed by atoms with E-state index in [0.717, 1.165) is 27.4 Å². The Morgan fingerprint density at radius 2 is 1.71 bits per heavy atom. The van der Waals surface area contributed by atoms with E-state index in [1.54, 1.807) is 17.9 Å². The molecule has 8 heteroatoms. The summed E-state index contributed by atoms with van der Waals surface area (Å²) in [6.07, 6.45) is 3.58. The number of carbonyl (C=O) groups is 2. The first-order chi connectivity index (χ1) is 18.6. The van der Waals surface area contributed by atoms with Gasteiger partial charge in [0.1, 0.15) is 23.8 Å². The summed E-state index contributed by atoms with van der Waals surface area (Å²) < 4.78 is 15.0. The van der Waals surface area contributed by atoms with Gasteiger partial charge in [0, 0.05) is 46.9 Å². The number of fused-ring (bicyclic) bond motifs is 2. The number of carbonyl (C=O) groups excluding carboxylic acids is 2. The molecule has 0 radical (unpaired) electrons. The third-order valence-electron chi connectivity index (χ3n) is 6.76. The molecule has 0 unspecified atom stereocenters. The van der Waals surface area contributed by atoms with Crippen molar-refractivity contribution in [1.82, 2.24) is 14.5 Å². The van der Waals surface area contributed by atoms with Crippen molar-refractivity contribution in [1.29, 1.82) is 0 Å². The summed E-state index contributed by atoms with van der Waals surface area (Å²) in [6.45, 7) is 0.653. The van der Waals surface area contributed by atoms with Crippen molar-refractivity contribution < 1.29 is 24.2 Å². The number of nitrogens with one attached hydrogen (secondary N) is 1. The Labute approximate surface area is 218 Å². The van der Waals surface area contributed by atoms with E-state index in [4.69, 9.17) is 9.47 Å². The zero-order valence-electron chi connectivity index (χ0n) is 20.7. The first-order valence-corrected chi connectivity index (χ1v) is 12.2. The van der Waals surface area contributed by atoms with Crippen LogP contribution in [-0.4, -0.2) is 39.8 Å². The number of ether oxygens (including phenoxy) is 2. The maximum Gasteiger partial charge on any atom is 0.275 e. The number of imide groups is 1. The summed E-state index contributed by atoms with van der Waals surface area (Å²) in [5.41, 5.74) is 3.68. The van der Waals surface area contributed by atoms with Crippen LogP contribution in [0.25, 0.3) is 33.1 Å². The fourth-order valence-corrected chi connectivity index (χ4v) is 4.95. The normalized spacial score (nSPS) is 13.5. The van der Waals surface area contributed by atoms with Crippen molar-refractivity contribution in [3.8, 4) is 11.5 Å². The molecule has 0 atom stereocenters. The third kappa shape index (κ3) is 4.01. The van der Waals surface area contributed by atoms with E-state index in [0.29, 0.717) is 30.2 Å². The second-order valence-electron chi connectivity index (χ2n) is 9.03. The SMILES string of the molecule is COc1ccc2ccn(C3=C(c4cn(CCO)c5ccc(OCc6ccccc6)cc45)C(=O)NC3=O)c2c1. The molecule has 190 valence electrons. The maximum atomic E-state index is 13.2. The van der Waals surface area contributed by atoms with Crippen molar-refractivity contribution in [3.63, 3.8) is 0 Å². The molecule has 0 fully saturated rings. The Morgan fingerprint density at radius 3 is 2.50 bits per heavy atom. The zero-order chi connectivity index (χ0) is 26.2. The second kappa shape index (κ2) is 9.57. The van der Waals surface area contributed by atoms with Crippen LogP contribution in [0.15, 0.2) is 85.2 Å². The molecule has 1 aliphatic rings. The third-order valence-corrected chi connectivity index (χ3v) is 6.76. The van der Waals surface area contributed by atoms with Gasteiger partial charge in [-0.25, -0.2) is 0 Å². The van der Waals surface area contributed by atoms with Gasteiger partial charge in [0.15, 0.2) is 0 Å². The predicted octanol–water partition coefficient (Wildman–Crippen LogP) is 4.20. The van der Waals surface area contributed by atoms with E-state index < -0.39 is 11.8 Å². The lowest BCUT2D eigenvalue weighted by Gasteiger charge is -2.09. The summed E-state index contributed by atoms with van der Waals surface area (Å²) >= 11 is 0. The van der Waals surface area contributed by atoms with Gasteiger partial charge in [0.05, 0.1) is 24.8 Å². The van der Waals surface area contributed by atoms with Crippen molar-refractivity contribution in [2.75, 3.05) is 13.7 Å². The molecule has 2 N–H and O–H groups in total. The average Bonchev–Trinajstić information content (AvgIpc) is 3.60. The highest BCUT2D eigenvalue weighted by atomic mass is 16.5. The Morgan fingerprint density at radius 1 is 0.895 bits per heavy atom. The predicted molar refractivity (Wildman–Crippen MR) is 145 cm³/mol. The van der Waals surface area contributed by atoms with E-state index >= 15 is 0 Å². The number of hydrogen-bond donors (Lipinski definition) is 2. The molecule has 8 nitrogen and oxygen atoms in total. The molecule has 2 aromatic heterocycles. The van der Waals surface area contributed by atoms with Gasteiger partial charge in [0.25, 0.3) is 11.8 Å². The van der Waals surface area contributed by atoms with Gasteiger partial charge in [-0.15, -0.1) is 0 Å². The van der Waals surface area contributed by atoms with Gasteiger partial charge in [-0.1, -0.05) is 30.3 Å². The quantitative estimate of drug-likeness (QED) is 0.307. The smallest absolute Gasteiger partial charge is 0.275 e. The molecule has 3 aromatic carbocycles. The molecule has 1 aliphatic heterocycles. The van der Waals surface area contributed by atoms with E-state index in [9.17, 15) is 14.7 Å². The molecule has 5 aromatic rings. The molecule has 0 aliphatic carbocycles. The zero-order valence-corrected chi connectivity index (χ0v) is 20.7. The van der Waals surface area contributed by atoms with E-state index in [-0.39, 0.29) is 17.9 Å². The van der Waals surface area contributed by atoms with Gasteiger partial charge in [0.2, 0.25) is 0 Å². The first kappa shape index (κ1) is 23.6. The number of methoxy groups -OCH3 is 1. The molecule has 2 amide bonds. The van der Waals surface area contributed by atoms with Crippen LogP contribution in [0.1, 0.15) is 11.1 Å². The van der Waals surface area contributed by atoms with Crippen LogP contribution in [-0.2, 0) is 22.7 Å². The van der Waals surface area contributed by atoms with Crippen molar-refractivity contribution >= 4 is 44.9 Å². The number of benzene rings is 3. The highest BCUT2D eigenvalue weighted by molar-refractivity contribution is 6.47. The maximum absolute atomic E-state index is 13.2. The van der Waals surface area contributed by atoms with E-state index in [2.05, 4.69) is 5.32 Å². The van der Waals surface area contributed by atoms with Crippen molar-refractivity contribution in [2.45, 2.75) is 13.2 Å². The molecule has 0 saturated heterocycles. The summed E-state index contributed by atoms with van der Waals surface area (Å²) in [4.78, 5) is 26.4. The van der Waals surface area contributed by atoms with Crippen LogP contribution in [0.2, 0.25) is 0 Å². The van der Waals surface area contributed by atoms with Crippen LogP contribution >= 0.6 is 0 Å². The minimum atomic E-state index is -0.482. The molecule has 0 spiro atoms. The minimum Gasteiger partial charge on any atom is -0.497 e. The summed E-state index contributed by atoms with van der Waals surface area (Å²) in [6, 6.07) is 23.0. The minimum absolute atomic E-state index is 0.0749. The molecular formula is C30H25N3O5. The highest BCUT2D eigenvalue weighted by Crippen LogP contribution is 2.37. The van der Waals surface area contributed by atoms with Crippen molar-refractivity contribution in [2.24, 2.45) is 0 Å². The van der Waals surface area contributed by atoms with Crippen LogP contribution in [0.4, 0.5) is 0 Å². The van der Waals surface area contributed by atoms with Crippen molar-refractivity contribution in [3.05, 3.63) is 96.3 Å². The summed E-state index contributed by atoms with van der Waals surface area (Å²) in [5, 5.41) is 13.8. The van der Waals surface area contributed by atoms with E-state index in [1.165, 1.54) is 0 Å². The standard InChI is InChI=1S/C30H25N3O5/c1-37-21-8-7-20-11-12-33(26(20)16-21)28-27(29(35)31-30(28)36)24-17-32(13-14-34)25-10-9-22(15-23(24)25)38-18-19-5-3-2-4-6-19/h2-12,15-17,34H,13-14,18H2,1H3,(H,31,35,36). The fourth-order valence-electron chi connectivity index (χ4n) is 4.95. The monoisotopic (exact) mass is 507 g/mol. The molecule has 6 rings (SSSR count). The molecule has 0 bridgehead atoms. The number of hydrogen-bond acceptors (Lipinski definition) is 5. The first-order valence-electron chi connectivity index (χ1n) is 12.2. The highest BCUT2D eigenvalue weighted by Gasteiger charge is 2.35. The molecule has 3 heterocycles. The number of nitrogens with zero attached hydrogens (tertiary/aromatic N) is 2. The lowest BCUT2D eigenvalue weighted by Crippen LogP contribution is -2.23. The van der Waals surface area contributed by atoms with Crippen LogP contribution < -0.4 is 14.8 Å². The van der Waals surface area contributed by atoms with Gasteiger partial charge < -0.3 is 23.7 Å². The Kier molecular flexibility index (Phi) is 5.94. The molecular weight excluding hydrogens is 482 g/mol. The number of aromatic nitrogens is 2. The Hall–Kier alpha value is -4.82. The molecule has 38 heavy (non-hydrogen) atoms. The van der Waals surface area contributed by atoms with Crippen LogP contribution in [0, 0.1) is 0 Å². The van der Waals surface area contributed by atoms with E-state index in [1.807, 2.05) is 83.6 Å². The number of rotatable bonds is 8. The van der Waals surface area contributed by atoms with Gasteiger partial charge in [-0.2, -0.15) is 0 Å². The average molecular weight is 508 g/mol. The van der Waals surface area contributed by atoms with Crippen LogP contribution in [0.3, 0.4) is 0 Å². The number of aliphatic hydroxyl groups excluding tert-OH is 1. The number of amides is 2. The van der Waals surface area contributed by atoms with Crippen LogP contribution in [0.5, 0.6) is 11.5 Å². The lowest BCUT2D eigenvalue weighted by atomic mass is 10.0. The fraction of sp³-hybridized carbons (Fsp3) is 0.133. The largest absolute Gasteiger partial charge is 0.497 e. The second-order valence-corrected chi connectivity index (χ2v) is 9.03. The summed E-state index contributed by atoms with van der Waals surface area (Å²) in [7, 11) is 1.58. The lowest BCUT2D eigenvalue weighted by molar-refractivity contribution is -0.122. The molecule has 0 saturated carbocycles. The van der Waals surface area contributed by atoms with Gasteiger partial charge in [-0.3, -0.25) is 14.9 Å². The Balaban J connectivity index is 1.52. The Bertz CT molecular complexity index is 1730.